The molecular weight excluding hydrogens is 266 g/mol. The normalized spacial score (nSPS) is 10.1. The summed E-state index contributed by atoms with van der Waals surface area (Å²) in [6, 6.07) is 0. The second-order valence-electron chi connectivity index (χ2n) is 3.81. The van der Waals surface area contributed by atoms with E-state index in [1.165, 1.54) is 12.2 Å². The summed E-state index contributed by atoms with van der Waals surface area (Å²) in [5.41, 5.74) is -2.54. The number of rotatable bonds is 6. The number of carbonyl (C=O) groups is 1. The Morgan fingerprint density at radius 1 is 1.00 bits per heavy atom. The standard InChI is InChI=1S/C12H15N3O5/c1-4-6-13-10(17)14(7-5-2)12(19)15(11(13)18)8-9(16)20-3/h4-5H,1-2,6-8H2,3H3. The van der Waals surface area contributed by atoms with E-state index >= 15 is 0 Å². The van der Waals surface area contributed by atoms with E-state index < -0.39 is 29.6 Å². The van der Waals surface area contributed by atoms with Gasteiger partial charge in [0.2, 0.25) is 0 Å². The van der Waals surface area contributed by atoms with Crippen molar-refractivity contribution in [2.45, 2.75) is 19.6 Å². The highest BCUT2D eigenvalue weighted by Crippen LogP contribution is 1.81. The molecule has 1 aromatic heterocycles. The molecule has 0 aliphatic heterocycles. The van der Waals surface area contributed by atoms with E-state index in [9.17, 15) is 19.2 Å². The minimum atomic E-state index is -0.884. The number of hydrogen-bond acceptors (Lipinski definition) is 5. The van der Waals surface area contributed by atoms with Crippen LogP contribution < -0.4 is 17.1 Å². The highest BCUT2D eigenvalue weighted by molar-refractivity contribution is 5.68. The van der Waals surface area contributed by atoms with Crippen LogP contribution in [0.2, 0.25) is 0 Å². The summed E-state index contributed by atoms with van der Waals surface area (Å²) in [5.74, 6) is -0.766. The van der Waals surface area contributed by atoms with E-state index in [0.29, 0.717) is 4.57 Å². The second kappa shape index (κ2) is 6.50. The Bertz CT molecular complexity index is 659. The summed E-state index contributed by atoms with van der Waals surface area (Å²) in [5, 5.41) is 0. The average Bonchev–Trinajstić information content (AvgIpc) is 2.44. The van der Waals surface area contributed by atoms with Gasteiger partial charge in [-0.15, -0.1) is 13.2 Å². The quantitative estimate of drug-likeness (QED) is 0.478. The minimum Gasteiger partial charge on any atom is -0.468 e. The molecule has 1 rings (SSSR count). The maximum atomic E-state index is 12.0. The molecule has 0 unspecified atom stereocenters. The zero-order valence-electron chi connectivity index (χ0n) is 11.1. The van der Waals surface area contributed by atoms with E-state index in [0.717, 1.165) is 16.2 Å². The Labute approximate surface area is 113 Å². The maximum Gasteiger partial charge on any atom is 0.337 e. The molecule has 108 valence electrons. The molecule has 0 fully saturated rings. The fourth-order valence-corrected chi connectivity index (χ4v) is 1.58. The van der Waals surface area contributed by atoms with E-state index in [4.69, 9.17) is 0 Å². The third kappa shape index (κ3) is 2.85. The molecular formula is C12H15N3O5. The van der Waals surface area contributed by atoms with Gasteiger partial charge in [-0.1, -0.05) is 12.2 Å². The zero-order chi connectivity index (χ0) is 15.3. The largest absolute Gasteiger partial charge is 0.468 e. The van der Waals surface area contributed by atoms with E-state index in [1.807, 2.05) is 0 Å². The highest BCUT2D eigenvalue weighted by Gasteiger charge is 2.16. The van der Waals surface area contributed by atoms with Crippen molar-refractivity contribution in [3.05, 3.63) is 56.8 Å². The van der Waals surface area contributed by atoms with Gasteiger partial charge in [-0.05, 0) is 0 Å². The lowest BCUT2D eigenvalue weighted by Crippen LogP contribution is -2.55. The Hall–Kier alpha value is -2.64. The zero-order valence-corrected chi connectivity index (χ0v) is 11.1. The van der Waals surface area contributed by atoms with Gasteiger partial charge in [-0.25, -0.2) is 28.1 Å². The van der Waals surface area contributed by atoms with Crippen LogP contribution in [-0.2, 0) is 29.2 Å². The first-order valence-electron chi connectivity index (χ1n) is 5.71. The lowest BCUT2D eigenvalue weighted by atomic mass is 10.5. The Morgan fingerprint density at radius 3 is 1.75 bits per heavy atom. The van der Waals surface area contributed by atoms with E-state index in [1.54, 1.807) is 0 Å². The van der Waals surface area contributed by atoms with Crippen LogP contribution in [0.4, 0.5) is 0 Å². The third-order valence-electron chi connectivity index (χ3n) is 2.52. The number of ether oxygens (including phenoxy) is 1. The molecule has 0 aromatic carbocycles. The van der Waals surface area contributed by atoms with Gasteiger partial charge in [0.25, 0.3) is 0 Å². The number of nitrogens with zero attached hydrogens (tertiary/aromatic N) is 3. The summed E-state index contributed by atoms with van der Waals surface area (Å²) in [6.45, 7) is 6.16. The Morgan fingerprint density at radius 2 is 1.40 bits per heavy atom. The van der Waals surface area contributed by atoms with Crippen molar-refractivity contribution in [3.8, 4) is 0 Å². The summed E-state index contributed by atoms with van der Waals surface area (Å²) in [4.78, 5) is 47.3. The molecule has 20 heavy (non-hydrogen) atoms. The minimum absolute atomic E-state index is 0.0732. The molecule has 0 spiro atoms. The molecule has 0 N–H and O–H groups in total. The second-order valence-corrected chi connectivity index (χ2v) is 3.81. The van der Waals surface area contributed by atoms with Crippen LogP contribution in [-0.4, -0.2) is 26.8 Å². The van der Waals surface area contributed by atoms with Crippen molar-refractivity contribution in [2.75, 3.05) is 7.11 Å². The van der Waals surface area contributed by atoms with Crippen molar-refractivity contribution in [1.82, 2.24) is 13.7 Å². The summed E-state index contributed by atoms with van der Waals surface area (Å²) in [6.07, 6.45) is 2.68. The molecule has 8 nitrogen and oxygen atoms in total. The molecule has 0 aliphatic rings. The number of hydrogen-bond donors (Lipinski definition) is 0. The van der Waals surface area contributed by atoms with Gasteiger partial charge >= 0.3 is 23.0 Å². The molecule has 0 amide bonds. The first kappa shape index (κ1) is 15.4. The summed E-state index contributed by atoms with van der Waals surface area (Å²) >= 11 is 0. The van der Waals surface area contributed by atoms with Gasteiger partial charge in [-0.3, -0.25) is 4.79 Å². The van der Waals surface area contributed by atoms with Crippen LogP contribution in [0.3, 0.4) is 0 Å². The monoisotopic (exact) mass is 281 g/mol. The van der Waals surface area contributed by atoms with Crippen molar-refractivity contribution in [2.24, 2.45) is 0 Å². The van der Waals surface area contributed by atoms with Gasteiger partial charge in [-0.2, -0.15) is 0 Å². The van der Waals surface area contributed by atoms with E-state index in [2.05, 4.69) is 17.9 Å². The smallest absolute Gasteiger partial charge is 0.337 e. The van der Waals surface area contributed by atoms with Crippen LogP contribution in [0, 0.1) is 0 Å². The first-order valence-corrected chi connectivity index (χ1v) is 5.71. The highest BCUT2D eigenvalue weighted by atomic mass is 16.5. The number of methoxy groups -OCH3 is 1. The average molecular weight is 281 g/mol. The Kier molecular flexibility index (Phi) is 5.01. The lowest BCUT2D eigenvalue weighted by Gasteiger charge is -2.11. The molecule has 0 atom stereocenters. The molecule has 8 heteroatoms. The maximum absolute atomic E-state index is 12.0. The van der Waals surface area contributed by atoms with Crippen LogP contribution >= 0.6 is 0 Å². The van der Waals surface area contributed by atoms with Crippen LogP contribution in [0.1, 0.15) is 0 Å². The van der Waals surface area contributed by atoms with Gasteiger partial charge in [0.15, 0.2) is 0 Å². The molecule has 1 heterocycles. The van der Waals surface area contributed by atoms with Crippen molar-refractivity contribution in [1.29, 1.82) is 0 Å². The molecule has 1 aromatic rings. The fourth-order valence-electron chi connectivity index (χ4n) is 1.58. The predicted octanol–water partition coefficient (Wildman–Crippen LogP) is -1.28. The SMILES string of the molecule is C=CCn1c(=O)n(CC=C)c(=O)n(CC(=O)OC)c1=O. The fraction of sp³-hybridized carbons (Fsp3) is 0.333. The molecule has 0 aliphatic carbocycles. The molecule has 0 radical (unpaired) electrons. The number of carbonyl (C=O) groups excluding carboxylic acids is 1. The number of esters is 1. The van der Waals surface area contributed by atoms with Crippen molar-refractivity contribution < 1.29 is 9.53 Å². The first-order chi connectivity index (χ1) is 9.47. The van der Waals surface area contributed by atoms with Gasteiger partial charge in [0.05, 0.1) is 20.2 Å². The van der Waals surface area contributed by atoms with E-state index in [-0.39, 0.29) is 13.1 Å². The summed E-state index contributed by atoms with van der Waals surface area (Å²) < 4.78 is 6.67. The van der Waals surface area contributed by atoms with Crippen molar-refractivity contribution >= 4 is 5.97 Å². The van der Waals surface area contributed by atoms with Crippen molar-refractivity contribution in [3.63, 3.8) is 0 Å². The van der Waals surface area contributed by atoms with Gasteiger partial charge in [0, 0.05) is 0 Å². The molecule has 0 bridgehead atoms. The van der Waals surface area contributed by atoms with Crippen LogP contribution in [0.25, 0.3) is 0 Å². The number of allylic oxidation sites excluding steroid dienone is 2. The number of aromatic nitrogens is 3. The van der Waals surface area contributed by atoms with Gasteiger partial charge < -0.3 is 4.74 Å². The van der Waals surface area contributed by atoms with Crippen LogP contribution in [0.15, 0.2) is 39.7 Å². The topological polar surface area (TPSA) is 92.3 Å². The third-order valence-corrected chi connectivity index (χ3v) is 2.52. The Balaban J connectivity index is 3.66. The van der Waals surface area contributed by atoms with Crippen LogP contribution in [0.5, 0.6) is 0 Å². The lowest BCUT2D eigenvalue weighted by molar-refractivity contribution is -0.141. The predicted molar refractivity (Wildman–Crippen MR) is 71.6 cm³/mol. The molecule has 0 saturated carbocycles. The molecule has 0 saturated heterocycles. The van der Waals surface area contributed by atoms with Gasteiger partial charge in [0.1, 0.15) is 6.54 Å². The summed E-state index contributed by atoms with van der Waals surface area (Å²) in [7, 11) is 1.13.